The number of rotatable bonds is 11. The van der Waals surface area contributed by atoms with Gasteiger partial charge in [-0.2, -0.15) is 0 Å². The summed E-state index contributed by atoms with van der Waals surface area (Å²) in [6.07, 6.45) is 0.637. The predicted molar refractivity (Wildman–Crippen MR) is 133 cm³/mol. The number of amides is 1. The van der Waals surface area contributed by atoms with Gasteiger partial charge in [0.15, 0.2) is 5.69 Å². The molecule has 0 aliphatic carbocycles. The Morgan fingerprint density at radius 3 is 2.46 bits per heavy atom. The molecule has 3 N–H and O–H groups in total. The van der Waals surface area contributed by atoms with Gasteiger partial charge >= 0.3 is 5.69 Å². The Kier molecular flexibility index (Phi) is 8.80. The lowest BCUT2D eigenvalue weighted by atomic mass is 10.2. The SMILES string of the molecule is CCN(C(=O)CN(C)CCCOc1ccc(F)cc1)c1c(N)n(Cc2ccccc2)c(=O)[nH]c1=O. The van der Waals surface area contributed by atoms with Gasteiger partial charge in [0.25, 0.3) is 5.56 Å². The fourth-order valence-electron chi connectivity index (χ4n) is 3.67. The summed E-state index contributed by atoms with van der Waals surface area (Å²) in [7, 11) is 1.79. The lowest BCUT2D eigenvalue weighted by Gasteiger charge is -2.25. The first-order chi connectivity index (χ1) is 16.8. The van der Waals surface area contributed by atoms with Gasteiger partial charge in [-0.1, -0.05) is 30.3 Å². The number of nitrogens with one attached hydrogen (secondary N) is 1. The van der Waals surface area contributed by atoms with E-state index in [9.17, 15) is 18.8 Å². The van der Waals surface area contributed by atoms with Crippen molar-refractivity contribution in [2.75, 3.05) is 43.9 Å². The summed E-state index contributed by atoms with van der Waals surface area (Å²) < 4.78 is 19.8. The van der Waals surface area contributed by atoms with Crippen molar-refractivity contribution in [3.63, 3.8) is 0 Å². The summed E-state index contributed by atoms with van der Waals surface area (Å²) in [5.74, 6) is -0.140. The highest BCUT2D eigenvalue weighted by Crippen LogP contribution is 2.18. The molecule has 35 heavy (non-hydrogen) atoms. The first-order valence-corrected chi connectivity index (χ1v) is 11.3. The Morgan fingerprint density at radius 2 is 1.80 bits per heavy atom. The third-order valence-corrected chi connectivity index (χ3v) is 5.46. The number of nitrogen functional groups attached to an aromatic ring is 1. The molecule has 0 saturated heterocycles. The predicted octanol–water partition coefficient (Wildman–Crippen LogP) is 2.06. The van der Waals surface area contributed by atoms with E-state index in [0.717, 1.165) is 5.56 Å². The van der Waals surface area contributed by atoms with Gasteiger partial charge in [0.05, 0.1) is 19.7 Å². The third kappa shape index (κ3) is 6.80. The molecule has 3 rings (SSSR count). The van der Waals surface area contributed by atoms with Gasteiger partial charge in [0.2, 0.25) is 5.91 Å². The summed E-state index contributed by atoms with van der Waals surface area (Å²) >= 11 is 0. The second-order valence-electron chi connectivity index (χ2n) is 8.10. The van der Waals surface area contributed by atoms with Gasteiger partial charge in [-0.3, -0.25) is 24.0 Å². The smallest absolute Gasteiger partial charge is 0.330 e. The number of carbonyl (C=O) groups is 1. The number of aromatic amines is 1. The van der Waals surface area contributed by atoms with Crippen molar-refractivity contribution < 1.29 is 13.9 Å². The van der Waals surface area contributed by atoms with Crippen molar-refractivity contribution in [3.8, 4) is 5.75 Å². The highest BCUT2D eigenvalue weighted by atomic mass is 19.1. The minimum absolute atomic E-state index is 0.0407. The molecule has 0 unspecified atom stereocenters. The van der Waals surface area contributed by atoms with Crippen LogP contribution in [0.4, 0.5) is 15.9 Å². The Balaban J connectivity index is 1.65. The Bertz CT molecular complexity index is 1240. The average molecular weight is 484 g/mol. The van der Waals surface area contributed by atoms with Crippen LogP contribution in [0.1, 0.15) is 18.9 Å². The Labute approximate surface area is 202 Å². The molecule has 0 radical (unpaired) electrons. The van der Waals surface area contributed by atoms with Crippen LogP contribution in [0.15, 0.2) is 64.2 Å². The maximum absolute atomic E-state index is 13.1. The normalized spacial score (nSPS) is 11.0. The summed E-state index contributed by atoms with van der Waals surface area (Å²) in [5, 5.41) is 0. The maximum Gasteiger partial charge on any atom is 0.330 e. The molecule has 10 heteroatoms. The molecule has 3 aromatic rings. The zero-order chi connectivity index (χ0) is 25.4. The second-order valence-corrected chi connectivity index (χ2v) is 8.10. The van der Waals surface area contributed by atoms with Gasteiger partial charge in [0.1, 0.15) is 17.4 Å². The molecule has 1 aromatic heterocycles. The standard InChI is InChI=1S/C25H30FN5O4/c1-3-30(21(32)17-29(2)14-7-15-35-20-12-10-19(26)11-13-20)22-23(27)31(25(34)28-24(22)33)16-18-8-5-4-6-9-18/h4-6,8-13H,3,7,14-17,27H2,1-2H3,(H,28,33,34). The van der Waals surface area contributed by atoms with E-state index in [1.54, 1.807) is 26.1 Å². The summed E-state index contributed by atoms with van der Waals surface area (Å²) in [4.78, 5) is 43.5. The number of hydrogen-bond donors (Lipinski definition) is 2. The lowest BCUT2D eigenvalue weighted by Crippen LogP contribution is -2.44. The molecule has 0 bridgehead atoms. The van der Waals surface area contributed by atoms with E-state index < -0.39 is 11.2 Å². The molecule has 0 fully saturated rings. The summed E-state index contributed by atoms with van der Waals surface area (Å²) in [6.45, 7) is 3.11. The monoisotopic (exact) mass is 483 g/mol. The molecule has 186 valence electrons. The molecule has 0 aliphatic heterocycles. The van der Waals surface area contributed by atoms with Crippen molar-refractivity contribution in [1.82, 2.24) is 14.5 Å². The molecule has 0 spiro atoms. The molecule has 0 atom stereocenters. The van der Waals surface area contributed by atoms with Crippen molar-refractivity contribution in [3.05, 3.63) is 86.8 Å². The fourth-order valence-corrected chi connectivity index (χ4v) is 3.67. The second kappa shape index (κ2) is 12.0. The number of nitrogens with zero attached hydrogens (tertiary/aromatic N) is 3. The molecule has 2 aromatic carbocycles. The van der Waals surface area contributed by atoms with E-state index >= 15 is 0 Å². The maximum atomic E-state index is 13.1. The number of halogens is 1. The first kappa shape index (κ1) is 25.7. The van der Waals surface area contributed by atoms with Crippen LogP contribution in [-0.2, 0) is 11.3 Å². The molecule has 1 amide bonds. The van der Waals surface area contributed by atoms with E-state index in [2.05, 4.69) is 4.98 Å². The number of anilines is 2. The topological polar surface area (TPSA) is 114 Å². The van der Waals surface area contributed by atoms with Crippen LogP contribution >= 0.6 is 0 Å². The van der Waals surface area contributed by atoms with Gasteiger partial charge in [0, 0.05) is 13.1 Å². The van der Waals surface area contributed by atoms with E-state index in [-0.39, 0.29) is 42.9 Å². The Hall–Kier alpha value is -3.92. The van der Waals surface area contributed by atoms with Crippen LogP contribution in [0, 0.1) is 5.82 Å². The molecular formula is C25H30FN5O4. The minimum Gasteiger partial charge on any atom is -0.494 e. The molecular weight excluding hydrogens is 453 g/mol. The third-order valence-electron chi connectivity index (χ3n) is 5.46. The minimum atomic E-state index is -0.706. The van der Waals surface area contributed by atoms with E-state index in [0.29, 0.717) is 25.3 Å². The number of likely N-dealkylation sites (N-methyl/N-ethyl adjacent to an activating group) is 2. The van der Waals surface area contributed by atoms with Crippen LogP contribution in [0.3, 0.4) is 0 Å². The van der Waals surface area contributed by atoms with Gasteiger partial charge in [-0.25, -0.2) is 9.18 Å². The van der Waals surface area contributed by atoms with Crippen LogP contribution in [0.5, 0.6) is 5.75 Å². The van der Waals surface area contributed by atoms with Crippen molar-refractivity contribution in [1.29, 1.82) is 0 Å². The number of hydrogen-bond acceptors (Lipinski definition) is 6. The quantitative estimate of drug-likeness (QED) is 0.404. The highest BCUT2D eigenvalue weighted by Gasteiger charge is 2.23. The molecule has 0 aliphatic rings. The van der Waals surface area contributed by atoms with Crippen LogP contribution < -0.4 is 26.6 Å². The molecule has 1 heterocycles. The van der Waals surface area contributed by atoms with Crippen LogP contribution in [-0.4, -0.2) is 53.6 Å². The van der Waals surface area contributed by atoms with Gasteiger partial charge in [-0.15, -0.1) is 0 Å². The van der Waals surface area contributed by atoms with Crippen LogP contribution in [0.25, 0.3) is 0 Å². The number of carbonyl (C=O) groups excluding carboxylic acids is 1. The summed E-state index contributed by atoms with van der Waals surface area (Å²) in [5.41, 5.74) is 5.68. The molecule has 0 saturated carbocycles. The zero-order valence-electron chi connectivity index (χ0n) is 19.9. The van der Waals surface area contributed by atoms with Gasteiger partial charge < -0.3 is 15.4 Å². The Morgan fingerprint density at radius 1 is 1.11 bits per heavy atom. The number of benzene rings is 2. The molecule has 9 nitrogen and oxygen atoms in total. The van der Waals surface area contributed by atoms with Crippen molar-refractivity contribution in [2.45, 2.75) is 19.9 Å². The zero-order valence-corrected chi connectivity index (χ0v) is 19.9. The van der Waals surface area contributed by atoms with Crippen LogP contribution in [0.2, 0.25) is 0 Å². The van der Waals surface area contributed by atoms with Crippen molar-refractivity contribution >= 4 is 17.4 Å². The fraction of sp³-hybridized carbons (Fsp3) is 0.320. The number of ether oxygens (including phenoxy) is 1. The number of nitrogens with two attached hydrogens (primary N) is 1. The first-order valence-electron chi connectivity index (χ1n) is 11.3. The largest absolute Gasteiger partial charge is 0.494 e. The van der Waals surface area contributed by atoms with E-state index in [1.165, 1.54) is 21.6 Å². The van der Waals surface area contributed by atoms with Crippen molar-refractivity contribution in [2.24, 2.45) is 0 Å². The lowest BCUT2D eigenvalue weighted by molar-refractivity contribution is -0.119. The van der Waals surface area contributed by atoms with Gasteiger partial charge in [-0.05, 0) is 50.2 Å². The average Bonchev–Trinajstić information content (AvgIpc) is 2.83. The number of H-pyrrole nitrogens is 1. The number of aromatic nitrogens is 2. The highest BCUT2D eigenvalue weighted by molar-refractivity contribution is 5.96. The summed E-state index contributed by atoms with van der Waals surface area (Å²) in [6, 6.07) is 15.0. The van der Waals surface area contributed by atoms with E-state index in [1.807, 2.05) is 35.2 Å². The van der Waals surface area contributed by atoms with E-state index in [4.69, 9.17) is 10.5 Å².